The van der Waals surface area contributed by atoms with Crippen LogP contribution in [0.5, 0.6) is 34.5 Å². The minimum atomic E-state index is -0.234. The minimum Gasteiger partial charge on any atom is -0.507 e. The Morgan fingerprint density at radius 2 is 1.42 bits per heavy atom. The van der Waals surface area contributed by atoms with Crippen molar-refractivity contribution in [2.24, 2.45) is 5.10 Å². The van der Waals surface area contributed by atoms with Crippen LogP contribution < -0.4 is 28.7 Å². The second-order valence-corrected chi connectivity index (χ2v) is 8.82. The van der Waals surface area contributed by atoms with E-state index in [9.17, 15) is 5.11 Å². The van der Waals surface area contributed by atoms with Crippen molar-refractivity contribution in [2.45, 2.75) is 12.5 Å². The van der Waals surface area contributed by atoms with Gasteiger partial charge in [-0.05, 0) is 29.1 Å². The van der Waals surface area contributed by atoms with Gasteiger partial charge in [-0.2, -0.15) is 5.10 Å². The molecule has 1 N–H and O–H groups in total. The van der Waals surface area contributed by atoms with Crippen LogP contribution in [0.2, 0.25) is 0 Å². The normalized spacial score (nSPS) is 14.8. The number of benzene rings is 4. The summed E-state index contributed by atoms with van der Waals surface area (Å²) in [4.78, 5) is 0. The van der Waals surface area contributed by atoms with Gasteiger partial charge < -0.3 is 28.8 Å². The van der Waals surface area contributed by atoms with Gasteiger partial charge in [0.2, 0.25) is 5.75 Å². The molecule has 196 valence electrons. The molecule has 38 heavy (non-hydrogen) atoms. The number of phenols is 1. The Kier molecular flexibility index (Phi) is 6.87. The van der Waals surface area contributed by atoms with Crippen molar-refractivity contribution >= 4 is 22.2 Å². The first-order chi connectivity index (χ1) is 18.5. The molecule has 1 aliphatic heterocycles. The second-order valence-electron chi connectivity index (χ2n) is 8.82. The van der Waals surface area contributed by atoms with Crippen LogP contribution in [0.15, 0.2) is 71.8 Å². The predicted molar refractivity (Wildman–Crippen MR) is 148 cm³/mol. The van der Waals surface area contributed by atoms with E-state index in [1.54, 1.807) is 35.5 Å². The second kappa shape index (κ2) is 10.4. The van der Waals surface area contributed by atoms with Crippen LogP contribution >= 0.6 is 0 Å². The third kappa shape index (κ3) is 4.38. The zero-order valence-corrected chi connectivity index (χ0v) is 22.0. The van der Waals surface area contributed by atoms with Gasteiger partial charge in [0.05, 0.1) is 53.0 Å². The summed E-state index contributed by atoms with van der Waals surface area (Å²) in [6, 6.07) is 20.9. The molecular formula is C30H30N2O6. The molecule has 0 saturated heterocycles. The van der Waals surface area contributed by atoms with Gasteiger partial charge in [0.25, 0.3) is 0 Å². The van der Waals surface area contributed by atoms with Crippen LogP contribution in [0.3, 0.4) is 0 Å². The van der Waals surface area contributed by atoms with Crippen LogP contribution in [-0.2, 0) is 0 Å². The van der Waals surface area contributed by atoms with Crippen molar-refractivity contribution in [3.8, 4) is 34.5 Å². The summed E-state index contributed by atoms with van der Waals surface area (Å²) in [5.41, 5.74) is 3.10. The quantitative estimate of drug-likeness (QED) is 0.311. The number of hydrazone groups is 1. The topological polar surface area (TPSA) is 82.0 Å². The SMILES string of the molecule is COc1cc(OC)cc(C2CC(c3ccc4ccccc4c3O)=NN2c2cc(OC)c(OC)c(OC)c2)c1. The molecule has 0 aromatic heterocycles. The Bertz CT molecular complexity index is 1470. The van der Waals surface area contributed by atoms with E-state index in [0.29, 0.717) is 40.7 Å². The molecule has 1 aliphatic rings. The fraction of sp³-hybridized carbons (Fsp3) is 0.233. The fourth-order valence-electron chi connectivity index (χ4n) is 4.88. The number of ether oxygens (including phenoxy) is 5. The molecular weight excluding hydrogens is 484 g/mol. The monoisotopic (exact) mass is 514 g/mol. The number of anilines is 1. The Balaban J connectivity index is 1.68. The highest BCUT2D eigenvalue weighted by atomic mass is 16.5. The van der Waals surface area contributed by atoms with Crippen LogP contribution in [0.1, 0.15) is 23.6 Å². The van der Waals surface area contributed by atoms with E-state index in [1.807, 2.05) is 71.7 Å². The number of phenolic OH excluding ortho intramolecular Hbond substituents is 1. The van der Waals surface area contributed by atoms with E-state index in [0.717, 1.165) is 27.7 Å². The van der Waals surface area contributed by atoms with Crippen molar-refractivity contribution in [3.63, 3.8) is 0 Å². The number of fused-ring (bicyclic) bond motifs is 1. The minimum absolute atomic E-state index is 0.204. The zero-order chi connectivity index (χ0) is 26.8. The molecule has 0 saturated carbocycles. The van der Waals surface area contributed by atoms with Gasteiger partial charge in [0.15, 0.2) is 11.5 Å². The first kappa shape index (κ1) is 25.1. The fourth-order valence-corrected chi connectivity index (χ4v) is 4.88. The average Bonchev–Trinajstić information content (AvgIpc) is 3.41. The van der Waals surface area contributed by atoms with Crippen molar-refractivity contribution in [1.82, 2.24) is 0 Å². The molecule has 8 nitrogen and oxygen atoms in total. The van der Waals surface area contributed by atoms with Crippen molar-refractivity contribution in [1.29, 1.82) is 0 Å². The summed E-state index contributed by atoms with van der Waals surface area (Å²) in [6.45, 7) is 0. The predicted octanol–water partition coefficient (Wildman–Crippen LogP) is 5.94. The molecule has 1 atom stereocenters. The molecule has 4 aromatic carbocycles. The maximum absolute atomic E-state index is 11.2. The standard InChI is InChI=1S/C30H30N2O6/c1-34-21-12-19(13-22(16-21)35-2)26-17-25(24-11-10-18-8-6-7-9-23(18)29(24)33)31-32(26)20-14-27(36-3)30(38-5)28(15-20)37-4/h6-16,26,33H,17H2,1-5H3. The van der Waals surface area contributed by atoms with Crippen LogP contribution in [0.4, 0.5) is 5.69 Å². The summed E-state index contributed by atoms with van der Waals surface area (Å²) < 4.78 is 27.8. The lowest BCUT2D eigenvalue weighted by Crippen LogP contribution is -2.19. The Morgan fingerprint density at radius 3 is 2.03 bits per heavy atom. The van der Waals surface area contributed by atoms with Gasteiger partial charge in [0.1, 0.15) is 17.2 Å². The summed E-state index contributed by atoms with van der Waals surface area (Å²) in [5, 5.41) is 19.9. The van der Waals surface area contributed by atoms with Gasteiger partial charge in [0, 0.05) is 35.6 Å². The highest BCUT2D eigenvalue weighted by Crippen LogP contribution is 2.46. The van der Waals surface area contributed by atoms with Crippen LogP contribution in [0.25, 0.3) is 10.8 Å². The summed E-state index contributed by atoms with van der Waals surface area (Å²) in [6.07, 6.45) is 0.527. The van der Waals surface area contributed by atoms with Crippen LogP contribution in [0, 0.1) is 0 Å². The number of methoxy groups -OCH3 is 5. The van der Waals surface area contributed by atoms with Crippen LogP contribution in [-0.4, -0.2) is 46.4 Å². The number of hydrogen-bond donors (Lipinski definition) is 1. The van der Waals surface area contributed by atoms with Gasteiger partial charge in [-0.1, -0.05) is 30.3 Å². The van der Waals surface area contributed by atoms with E-state index in [1.165, 1.54) is 0 Å². The van der Waals surface area contributed by atoms with Crippen molar-refractivity contribution in [2.75, 3.05) is 40.6 Å². The molecule has 0 amide bonds. The number of hydrogen-bond acceptors (Lipinski definition) is 8. The Morgan fingerprint density at radius 1 is 0.763 bits per heavy atom. The summed E-state index contributed by atoms with van der Waals surface area (Å²) >= 11 is 0. The van der Waals surface area contributed by atoms with E-state index < -0.39 is 0 Å². The maximum Gasteiger partial charge on any atom is 0.203 e. The maximum atomic E-state index is 11.2. The third-order valence-electron chi connectivity index (χ3n) is 6.79. The number of aromatic hydroxyl groups is 1. The lowest BCUT2D eigenvalue weighted by atomic mass is 9.95. The molecule has 0 spiro atoms. The molecule has 1 heterocycles. The van der Waals surface area contributed by atoms with E-state index in [-0.39, 0.29) is 11.8 Å². The smallest absolute Gasteiger partial charge is 0.203 e. The summed E-state index contributed by atoms with van der Waals surface area (Å²) in [5.74, 6) is 3.07. The van der Waals surface area contributed by atoms with Gasteiger partial charge in [-0.15, -0.1) is 0 Å². The highest BCUT2D eigenvalue weighted by molar-refractivity contribution is 6.09. The van der Waals surface area contributed by atoms with Gasteiger partial charge >= 0.3 is 0 Å². The largest absolute Gasteiger partial charge is 0.507 e. The number of rotatable bonds is 8. The third-order valence-corrected chi connectivity index (χ3v) is 6.79. The zero-order valence-electron chi connectivity index (χ0n) is 22.0. The lowest BCUT2D eigenvalue weighted by Gasteiger charge is -2.26. The van der Waals surface area contributed by atoms with E-state index >= 15 is 0 Å². The molecule has 4 aromatic rings. The van der Waals surface area contributed by atoms with Gasteiger partial charge in [-0.25, -0.2) is 0 Å². The van der Waals surface area contributed by atoms with E-state index in [2.05, 4.69) is 0 Å². The highest BCUT2D eigenvalue weighted by Gasteiger charge is 2.33. The molecule has 0 fully saturated rings. The molecule has 0 bridgehead atoms. The molecule has 0 radical (unpaired) electrons. The first-order valence-corrected chi connectivity index (χ1v) is 12.1. The van der Waals surface area contributed by atoms with Crippen molar-refractivity contribution in [3.05, 3.63) is 77.9 Å². The van der Waals surface area contributed by atoms with Crippen molar-refractivity contribution < 1.29 is 28.8 Å². The Hall–Kier alpha value is -4.59. The molecule has 1 unspecified atom stereocenters. The lowest BCUT2D eigenvalue weighted by molar-refractivity contribution is 0.324. The molecule has 8 heteroatoms. The summed E-state index contributed by atoms with van der Waals surface area (Å²) in [7, 11) is 7.98. The molecule has 0 aliphatic carbocycles. The first-order valence-electron chi connectivity index (χ1n) is 12.1. The average molecular weight is 515 g/mol. The molecule has 5 rings (SSSR count). The van der Waals surface area contributed by atoms with E-state index in [4.69, 9.17) is 28.8 Å². The van der Waals surface area contributed by atoms with Gasteiger partial charge in [-0.3, -0.25) is 5.01 Å². The Labute approximate surface area is 221 Å². The number of nitrogens with zero attached hydrogens (tertiary/aromatic N) is 2.